The molecule has 1 heterocycles. The summed E-state index contributed by atoms with van der Waals surface area (Å²) in [5, 5.41) is 11.3. The minimum absolute atomic E-state index is 0.00500. The van der Waals surface area contributed by atoms with Crippen molar-refractivity contribution in [2.45, 2.75) is 39.8 Å². The van der Waals surface area contributed by atoms with Crippen molar-refractivity contribution in [3.8, 4) is 11.5 Å². The number of aliphatic hydroxyl groups is 1. The third-order valence-electron chi connectivity index (χ3n) is 5.26. The topological polar surface area (TPSA) is 85.3 Å². The lowest BCUT2D eigenvalue weighted by molar-refractivity contribution is -0.140. The van der Waals surface area contributed by atoms with Gasteiger partial charge in [-0.1, -0.05) is 30.3 Å². The van der Waals surface area contributed by atoms with Crippen molar-refractivity contribution in [2.75, 3.05) is 26.4 Å². The lowest BCUT2D eigenvalue weighted by Gasteiger charge is -2.25. The highest BCUT2D eigenvalue weighted by Gasteiger charge is 2.46. The van der Waals surface area contributed by atoms with Crippen LogP contribution in [0.3, 0.4) is 0 Å². The number of amides is 1. The fraction of sp³-hybridized carbons (Fsp3) is 0.385. The molecule has 1 unspecified atom stereocenters. The number of Topliss-reactive ketones (excluding diaryl/α,β-unsaturated/α-hetero) is 1. The average molecular weight is 454 g/mol. The molecule has 1 N–H and O–H groups in total. The van der Waals surface area contributed by atoms with E-state index in [4.69, 9.17) is 14.2 Å². The van der Waals surface area contributed by atoms with Gasteiger partial charge in [-0.15, -0.1) is 0 Å². The van der Waals surface area contributed by atoms with Crippen LogP contribution in [0.4, 0.5) is 0 Å². The second-order valence-electron chi connectivity index (χ2n) is 7.85. The van der Waals surface area contributed by atoms with Crippen LogP contribution in [0, 0.1) is 0 Å². The number of carbonyl (C=O) groups excluding carboxylic acids is 2. The predicted molar refractivity (Wildman–Crippen MR) is 125 cm³/mol. The van der Waals surface area contributed by atoms with Gasteiger partial charge in [-0.25, -0.2) is 0 Å². The monoisotopic (exact) mass is 453 g/mol. The van der Waals surface area contributed by atoms with Crippen LogP contribution in [0.25, 0.3) is 5.76 Å². The summed E-state index contributed by atoms with van der Waals surface area (Å²) in [5.41, 5.74) is 1.09. The Balaban J connectivity index is 2.11. The maximum atomic E-state index is 13.1. The van der Waals surface area contributed by atoms with Gasteiger partial charge in [0.05, 0.1) is 43.1 Å². The number of carbonyl (C=O) groups is 2. The smallest absolute Gasteiger partial charge is 0.295 e. The molecule has 0 aromatic heterocycles. The summed E-state index contributed by atoms with van der Waals surface area (Å²) in [6.45, 7) is 8.86. The number of ketones is 1. The van der Waals surface area contributed by atoms with Crippen molar-refractivity contribution in [1.82, 2.24) is 4.90 Å². The second-order valence-corrected chi connectivity index (χ2v) is 7.85. The Bertz CT molecular complexity index is 1010. The quantitative estimate of drug-likeness (QED) is 0.327. The number of ether oxygens (including phenoxy) is 3. The van der Waals surface area contributed by atoms with Crippen molar-refractivity contribution in [2.24, 2.45) is 0 Å². The van der Waals surface area contributed by atoms with E-state index in [-0.39, 0.29) is 30.6 Å². The van der Waals surface area contributed by atoms with Crippen LogP contribution >= 0.6 is 0 Å². The summed E-state index contributed by atoms with van der Waals surface area (Å²) in [4.78, 5) is 27.6. The highest BCUT2D eigenvalue weighted by molar-refractivity contribution is 6.46. The lowest BCUT2D eigenvalue weighted by Crippen LogP contribution is -2.33. The van der Waals surface area contributed by atoms with Crippen molar-refractivity contribution in [3.05, 3.63) is 65.2 Å². The normalized spacial score (nSPS) is 17.6. The molecule has 0 saturated carbocycles. The van der Waals surface area contributed by atoms with Gasteiger partial charge in [0.1, 0.15) is 17.3 Å². The zero-order valence-corrected chi connectivity index (χ0v) is 19.5. The Hall–Kier alpha value is -3.32. The Morgan fingerprint density at radius 2 is 1.73 bits per heavy atom. The number of likely N-dealkylation sites (tertiary alicyclic amines) is 1. The standard InChI is InChI=1S/C26H31NO6/c1-5-31-19-12-13-20(21(16-19)32-6-2)24(28)22-23(18-10-8-7-9-11-18)27(26(30)25(22)29)14-15-33-17(3)4/h7-13,16-17,23,28H,5-6,14-15H2,1-4H3/b24-22-. The number of aliphatic hydroxyl groups excluding tert-OH is 1. The molecule has 2 aromatic carbocycles. The molecule has 0 bridgehead atoms. The van der Waals surface area contributed by atoms with E-state index in [9.17, 15) is 14.7 Å². The molecule has 0 spiro atoms. The Morgan fingerprint density at radius 1 is 1.03 bits per heavy atom. The molecule has 0 radical (unpaired) electrons. The van der Waals surface area contributed by atoms with Crippen molar-refractivity contribution in [1.29, 1.82) is 0 Å². The summed E-state index contributed by atoms with van der Waals surface area (Å²) < 4.78 is 16.9. The fourth-order valence-electron chi connectivity index (χ4n) is 3.85. The van der Waals surface area contributed by atoms with Gasteiger partial charge < -0.3 is 24.2 Å². The minimum Gasteiger partial charge on any atom is -0.507 e. The van der Waals surface area contributed by atoms with Gasteiger partial charge in [-0.05, 0) is 45.4 Å². The minimum atomic E-state index is -0.734. The Kier molecular flexibility index (Phi) is 8.11. The summed E-state index contributed by atoms with van der Waals surface area (Å²) in [6, 6.07) is 13.5. The molecule has 7 heteroatoms. The maximum Gasteiger partial charge on any atom is 0.295 e. The van der Waals surface area contributed by atoms with Gasteiger partial charge in [0, 0.05) is 12.6 Å². The Morgan fingerprint density at radius 3 is 2.36 bits per heavy atom. The molecule has 1 aliphatic rings. The van der Waals surface area contributed by atoms with Crippen molar-refractivity contribution >= 4 is 17.4 Å². The molecule has 7 nitrogen and oxygen atoms in total. The summed E-state index contributed by atoms with van der Waals surface area (Å²) in [5.74, 6) is -0.713. The first-order valence-corrected chi connectivity index (χ1v) is 11.2. The summed E-state index contributed by atoms with van der Waals surface area (Å²) in [6.07, 6.45) is -0.00500. The number of benzene rings is 2. The molecule has 33 heavy (non-hydrogen) atoms. The van der Waals surface area contributed by atoms with Crippen LogP contribution in [0.2, 0.25) is 0 Å². The van der Waals surface area contributed by atoms with E-state index in [0.717, 1.165) is 5.56 Å². The average Bonchev–Trinajstić information content (AvgIpc) is 3.05. The van der Waals surface area contributed by atoms with Gasteiger partial charge in [-0.2, -0.15) is 0 Å². The van der Waals surface area contributed by atoms with Gasteiger partial charge in [-0.3, -0.25) is 9.59 Å². The van der Waals surface area contributed by atoms with E-state index in [1.165, 1.54) is 4.90 Å². The largest absolute Gasteiger partial charge is 0.507 e. The van der Waals surface area contributed by atoms with E-state index in [0.29, 0.717) is 30.3 Å². The lowest BCUT2D eigenvalue weighted by atomic mass is 9.95. The molecule has 2 aromatic rings. The second kappa shape index (κ2) is 11.0. The van der Waals surface area contributed by atoms with Crippen LogP contribution in [-0.2, 0) is 14.3 Å². The van der Waals surface area contributed by atoms with E-state index in [1.54, 1.807) is 18.2 Å². The van der Waals surface area contributed by atoms with Gasteiger partial charge in [0.15, 0.2) is 0 Å². The first-order valence-electron chi connectivity index (χ1n) is 11.2. The van der Waals surface area contributed by atoms with E-state index in [2.05, 4.69) is 0 Å². The van der Waals surface area contributed by atoms with Crippen LogP contribution in [0.5, 0.6) is 11.5 Å². The number of hydrogen-bond acceptors (Lipinski definition) is 6. The van der Waals surface area contributed by atoms with E-state index >= 15 is 0 Å². The highest BCUT2D eigenvalue weighted by Crippen LogP contribution is 2.41. The summed E-state index contributed by atoms with van der Waals surface area (Å²) >= 11 is 0. The van der Waals surface area contributed by atoms with Crippen LogP contribution < -0.4 is 9.47 Å². The van der Waals surface area contributed by atoms with E-state index < -0.39 is 17.7 Å². The van der Waals surface area contributed by atoms with Crippen molar-refractivity contribution < 1.29 is 28.9 Å². The zero-order valence-electron chi connectivity index (χ0n) is 19.5. The third kappa shape index (κ3) is 5.37. The van der Waals surface area contributed by atoms with Crippen LogP contribution in [0.15, 0.2) is 54.1 Å². The van der Waals surface area contributed by atoms with Gasteiger partial charge in [0.25, 0.3) is 11.7 Å². The molecular weight excluding hydrogens is 422 g/mol. The molecule has 1 aliphatic heterocycles. The molecule has 0 aliphatic carbocycles. The van der Waals surface area contributed by atoms with Crippen LogP contribution in [-0.4, -0.2) is 54.2 Å². The van der Waals surface area contributed by atoms with E-state index in [1.807, 2.05) is 58.0 Å². The molecule has 176 valence electrons. The molecule has 1 saturated heterocycles. The van der Waals surface area contributed by atoms with Gasteiger partial charge in [0.2, 0.25) is 0 Å². The molecular formula is C26H31NO6. The molecule has 1 atom stereocenters. The molecule has 1 amide bonds. The zero-order chi connectivity index (χ0) is 24.0. The number of rotatable bonds is 10. The molecule has 1 fully saturated rings. The third-order valence-corrected chi connectivity index (χ3v) is 5.26. The fourth-order valence-corrected chi connectivity index (χ4v) is 3.85. The highest BCUT2D eigenvalue weighted by atomic mass is 16.5. The summed E-state index contributed by atoms with van der Waals surface area (Å²) in [7, 11) is 0. The first-order chi connectivity index (χ1) is 15.9. The first kappa shape index (κ1) is 24.3. The predicted octanol–water partition coefficient (Wildman–Crippen LogP) is 4.33. The van der Waals surface area contributed by atoms with Gasteiger partial charge >= 0.3 is 0 Å². The van der Waals surface area contributed by atoms with Crippen LogP contribution in [0.1, 0.15) is 44.9 Å². The Labute approximate surface area is 194 Å². The maximum absolute atomic E-state index is 13.1. The van der Waals surface area contributed by atoms with Crippen molar-refractivity contribution in [3.63, 3.8) is 0 Å². The molecule has 3 rings (SSSR count). The SMILES string of the molecule is CCOc1ccc(/C(O)=C2/C(=O)C(=O)N(CCOC(C)C)C2c2ccccc2)c(OCC)c1. The number of nitrogens with zero attached hydrogens (tertiary/aromatic N) is 1. The number of hydrogen-bond donors (Lipinski definition) is 1.